The Morgan fingerprint density at radius 2 is 1.73 bits per heavy atom. The molecule has 0 aliphatic rings. The Morgan fingerprint density at radius 1 is 1.20 bits per heavy atom. The van der Waals surface area contributed by atoms with E-state index >= 15 is 0 Å². The number of nitrogens with one attached hydrogen (secondary N) is 1. The second kappa shape index (κ2) is 4.87. The van der Waals surface area contributed by atoms with E-state index in [0.29, 0.717) is 6.54 Å². The van der Waals surface area contributed by atoms with Gasteiger partial charge in [0.2, 0.25) is 0 Å². The molecule has 0 amide bonds. The van der Waals surface area contributed by atoms with Crippen molar-refractivity contribution in [3.8, 4) is 0 Å². The molecule has 0 heterocycles. The van der Waals surface area contributed by atoms with E-state index in [4.69, 9.17) is 0 Å². The smallest absolute Gasteiger partial charge is 0.194 e. The van der Waals surface area contributed by atoms with Gasteiger partial charge in [0.25, 0.3) is 0 Å². The lowest BCUT2D eigenvalue weighted by Crippen LogP contribution is -2.01. The van der Waals surface area contributed by atoms with Gasteiger partial charge in [-0.25, -0.2) is 13.2 Å². The predicted octanol–water partition coefficient (Wildman–Crippen LogP) is 3.48. The van der Waals surface area contributed by atoms with Gasteiger partial charge in [0, 0.05) is 24.4 Å². The third-order valence-corrected chi connectivity index (χ3v) is 1.80. The zero-order chi connectivity index (χ0) is 11.4. The molecule has 0 fully saturated rings. The summed E-state index contributed by atoms with van der Waals surface area (Å²) in [6.07, 6.45) is 1.86. The van der Waals surface area contributed by atoms with E-state index in [1.54, 1.807) is 0 Å². The Balaban J connectivity index is 2.75. The van der Waals surface area contributed by atoms with Crippen molar-refractivity contribution in [2.24, 2.45) is 0 Å². The number of halogens is 3. The molecular weight excluding hydrogens is 203 g/mol. The molecule has 1 N–H and O–H groups in total. The third kappa shape index (κ3) is 3.31. The number of allylic oxidation sites excluding steroid dienone is 1. The van der Waals surface area contributed by atoms with Crippen LogP contribution in [0.4, 0.5) is 18.9 Å². The lowest BCUT2D eigenvalue weighted by molar-refractivity contribution is 0.448. The molecule has 0 aliphatic heterocycles. The Bertz CT molecular complexity index is 358. The molecule has 0 aliphatic carbocycles. The maximum atomic E-state index is 12.8. The summed E-state index contributed by atoms with van der Waals surface area (Å²) in [7, 11) is 0. The van der Waals surface area contributed by atoms with E-state index in [9.17, 15) is 13.2 Å². The summed E-state index contributed by atoms with van der Waals surface area (Å²) in [5.41, 5.74) is 1.31. The topological polar surface area (TPSA) is 12.0 Å². The summed E-state index contributed by atoms with van der Waals surface area (Å²) in [6.45, 7) is 4.27. The molecular formula is C11H12F3N. The Kier molecular flexibility index (Phi) is 3.77. The summed E-state index contributed by atoms with van der Waals surface area (Å²) in [5, 5.41) is 2.76. The van der Waals surface area contributed by atoms with Crippen molar-refractivity contribution in [1.29, 1.82) is 0 Å². The highest BCUT2D eigenvalue weighted by atomic mass is 19.2. The number of rotatable bonds is 3. The first-order chi connectivity index (χ1) is 7.00. The minimum absolute atomic E-state index is 0.226. The second-order valence-electron chi connectivity index (χ2n) is 3.42. The summed E-state index contributed by atoms with van der Waals surface area (Å²) in [6, 6.07) is 1.86. The first-order valence-corrected chi connectivity index (χ1v) is 4.52. The number of hydrogen-bond donors (Lipinski definition) is 1. The molecule has 0 radical (unpaired) electrons. The first kappa shape index (κ1) is 11.6. The van der Waals surface area contributed by atoms with Crippen LogP contribution in [0.15, 0.2) is 23.8 Å². The van der Waals surface area contributed by atoms with Gasteiger partial charge in [0.1, 0.15) is 0 Å². The van der Waals surface area contributed by atoms with Crippen LogP contribution >= 0.6 is 0 Å². The van der Waals surface area contributed by atoms with E-state index in [0.717, 1.165) is 17.7 Å². The van der Waals surface area contributed by atoms with Gasteiger partial charge >= 0.3 is 0 Å². The zero-order valence-electron chi connectivity index (χ0n) is 8.57. The first-order valence-electron chi connectivity index (χ1n) is 4.52. The molecule has 0 spiro atoms. The van der Waals surface area contributed by atoms with E-state index in [-0.39, 0.29) is 5.69 Å². The van der Waals surface area contributed by atoms with Crippen LogP contribution in [0.2, 0.25) is 0 Å². The second-order valence-corrected chi connectivity index (χ2v) is 3.42. The Morgan fingerprint density at radius 3 is 2.20 bits per heavy atom. The van der Waals surface area contributed by atoms with Gasteiger partial charge in [0.05, 0.1) is 0 Å². The largest absolute Gasteiger partial charge is 0.381 e. The average molecular weight is 215 g/mol. The highest BCUT2D eigenvalue weighted by Gasteiger charge is 2.09. The van der Waals surface area contributed by atoms with Crippen LogP contribution in [0.1, 0.15) is 13.8 Å². The molecule has 0 saturated carbocycles. The maximum absolute atomic E-state index is 12.8. The molecule has 15 heavy (non-hydrogen) atoms. The average Bonchev–Trinajstić information content (AvgIpc) is 2.13. The van der Waals surface area contributed by atoms with Crippen LogP contribution < -0.4 is 5.32 Å². The van der Waals surface area contributed by atoms with Gasteiger partial charge in [-0.15, -0.1) is 0 Å². The lowest BCUT2D eigenvalue weighted by atomic mass is 10.2. The van der Waals surface area contributed by atoms with Gasteiger partial charge in [-0.05, 0) is 13.8 Å². The molecule has 0 saturated heterocycles. The fourth-order valence-corrected chi connectivity index (χ4v) is 1.03. The van der Waals surface area contributed by atoms with Crippen molar-refractivity contribution < 1.29 is 13.2 Å². The summed E-state index contributed by atoms with van der Waals surface area (Å²) >= 11 is 0. The van der Waals surface area contributed by atoms with E-state index < -0.39 is 17.5 Å². The molecule has 1 rings (SSSR count). The molecule has 0 unspecified atom stereocenters. The number of benzene rings is 1. The van der Waals surface area contributed by atoms with Gasteiger partial charge in [0.15, 0.2) is 17.5 Å². The molecule has 4 heteroatoms. The highest BCUT2D eigenvalue weighted by molar-refractivity contribution is 5.44. The van der Waals surface area contributed by atoms with E-state index in [2.05, 4.69) is 5.32 Å². The molecule has 0 atom stereocenters. The van der Waals surface area contributed by atoms with Crippen LogP contribution in [0.25, 0.3) is 0 Å². The van der Waals surface area contributed by atoms with Gasteiger partial charge < -0.3 is 5.32 Å². The van der Waals surface area contributed by atoms with Crippen molar-refractivity contribution in [3.05, 3.63) is 41.2 Å². The van der Waals surface area contributed by atoms with E-state index in [1.165, 1.54) is 0 Å². The highest BCUT2D eigenvalue weighted by Crippen LogP contribution is 2.17. The van der Waals surface area contributed by atoms with Gasteiger partial charge in [-0.1, -0.05) is 11.6 Å². The maximum Gasteiger partial charge on any atom is 0.194 e. The minimum atomic E-state index is -1.44. The Labute approximate surface area is 86.6 Å². The van der Waals surface area contributed by atoms with Crippen LogP contribution in [0, 0.1) is 17.5 Å². The molecule has 0 aromatic heterocycles. The predicted molar refractivity (Wildman–Crippen MR) is 54.2 cm³/mol. The van der Waals surface area contributed by atoms with Crippen LogP contribution in [-0.2, 0) is 0 Å². The monoisotopic (exact) mass is 215 g/mol. The molecule has 1 aromatic rings. The van der Waals surface area contributed by atoms with Crippen LogP contribution in [0.5, 0.6) is 0 Å². The van der Waals surface area contributed by atoms with Crippen molar-refractivity contribution in [3.63, 3.8) is 0 Å². The van der Waals surface area contributed by atoms with Crippen LogP contribution in [-0.4, -0.2) is 6.54 Å². The zero-order valence-corrected chi connectivity index (χ0v) is 8.57. The Hall–Kier alpha value is -1.45. The minimum Gasteiger partial charge on any atom is -0.381 e. The van der Waals surface area contributed by atoms with Gasteiger partial charge in [-0.3, -0.25) is 0 Å². The number of hydrogen-bond acceptors (Lipinski definition) is 1. The fraction of sp³-hybridized carbons (Fsp3) is 0.273. The molecule has 82 valence electrons. The molecule has 0 bridgehead atoms. The molecule has 1 nitrogen and oxygen atoms in total. The standard InChI is InChI=1S/C11H12F3N/c1-7(2)3-4-15-8-5-9(12)11(14)10(13)6-8/h3,5-6,15H,4H2,1-2H3. The van der Waals surface area contributed by atoms with Gasteiger partial charge in [-0.2, -0.15) is 0 Å². The van der Waals surface area contributed by atoms with Crippen molar-refractivity contribution in [2.45, 2.75) is 13.8 Å². The van der Waals surface area contributed by atoms with Crippen molar-refractivity contribution >= 4 is 5.69 Å². The summed E-state index contributed by atoms with van der Waals surface area (Å²) in [4.78, 5) is 0. The SMILES string of the molecule is CC(C)=CCNc1cc(F)c(F)c(F)c1. The third-order valence-electron chi connectivity index (χ3n) is 1.80. The quantitative estimate of drug-likeness (QED) is 0.601. The fourth-order valence-electron chi connectivity index (χ4n) is 1.03. The lowest BCUT2D eigenvalue weighted by Gasteiger charge is -2.05. The van der Waals surface area contributed by atoms with Crippen molar-refractivity contribution in [1.82, 2.24) is 0 Å². The van der Waals surface area contributed by atoms with Crippen molar-refractivity contribution in [2.75, 3.05) is 11.9 Å². The summed E-state index contributed by atoms with van der Waals surface area (Å²) in [5.74, 6) is -3.81. The van der Waals surface area contributed by atoms with Crippen LogP contribution in [0.3, 0.4) is 0 Å². The normalized spacial score (nSPS) is 9.93. The van der Waals surface area contributed by atoms with E-state index in [1.807, 2.05) is 19.9 Å². The molecule has 1 aromatic carbocycles. The summed E-state index contributed by atoms with van der Waals surface area (Å²) < 4.78 is 38.1. The number of anilines is 1.